The van der Waals surface area contributed by atoms with Crippen LogP contribution in [0.2, 0.25) is 0 Å². The number of aromatic nitrogens is 1. The van der Waals surface area contributed by atoms with Gasteiger partial charge in [0.1, 0.15) is 12.4 Å². The highest BCUT2D eigenvalue weighted by atomic mass is 19.4. The standard InChI is InChI=1S/C22H23F3N2O3/c23-22(24,25)20-8-17(26-9-19(20)15-2-1-3-15)13-30-18-6-4-14(5-7-18)10-27-11-16(12-27)21(28)29/h4-9,15-16H,1-3,10-13H2,(H,28,29). The van der Waals surface area contributed by atoms with Crippen LogP contribution in [0.25, 0.3) is 0 Å². The number of hydrogen-bond acceptors (Lipinski definition) is 4. The highest BCUT2D eigenvalue weighted by Gasteiger charge is 2.37. The van der Waals surface area contributed by atoms with Gasteiger partial charge in [-0.15, -0.1) is 0 Å². The van der Waals surface area contributed by atoms with E-state index in [1.165, 1.54) is 6.20 Å². The van der Waals surface area contributed by atoms with Gasteiger partial charge in [-0.3, -0.25) is 14.7 Å². The summed E-state index contributed by atoms with van der Waals surface area (Å²) in [6.45, 7) is 1.69. The van der Waals surface area contributed by atoms with Gasteiger partial charge in [-0.2, -0.15) is 13.2 Å². The largest absolute Gasteiger partial charge is 0.487 e. The van der Waals surface area contributed by atoms with E-state index in [0.29, 0.717) is 25.4 Å². The predicted molar refractivity (Wildman–Crippen MR) is 103 cm³/mol. The topological polar surface area (TPSA) is 62.7 Å². The number of carboxylic acid groups (broad SMARTS) is 1. The van der Waals surface area contributed by atoms with Crippen molar-refractivity contribution in [2.24, 2.45) is 5.92 Å². The van der Waals surface area contributed by atoms with Gasteiger partial charge in [-0.25, -0.2) is 0 Å². The Morgan fingerprint density at radius 1 is 1.20 bits per heavy atom. The first-order chi connectivity index (χ1) is 14.3. The Hall–Kier alpha value is -2.61. The average Bonchev–Trinajstić information content (AvgIpc) is 2.62. The lowest BCUT2D eigenvalue weighted by molar-refractivity contribution is -0.147. The Labute approximate surface area is 172 Å². The number of alkyl halides is 3. The van der Waals surface area contributed by atoms with Gasteiger partial charge in [-0.1, -0.05) is 18.6 Å². The first kappa shape index (κ1) is 20.7. The highest BCUT2D eigenvalue weighted by Crippen LogP contribution is 2.42. The molecule has 2 aromatic rings. The summed E-state index contributed by atoms with van der Waals surface area (Å²) < 4.78 is 46.0. The van der Waals surface area contributed by atoms with Crippen molar-refractivity contribution < 1.29 is 27.8 Å². The molecule has 0 spiro atoms. The van der Waals surface area contributed by atoms with Crippen LogP contribution in [0.1, 0.15) is 47.6 Å². The molecule has 1 N–H and O–H groups in total. The van der Waals surface area contributed by atoms with Crippen molar-refractivity contribution in [3.63, 3.8) is 0 Å². The maximum atomic E-state index is 13.5. The van der Waals surface area contributed by atoms with Crippen LogP contribution < -0.4 is 4.74 Å². The van der Waals surface area contributed by atoms with Crippen molar-refractivity contribution in [2.45, 2.75) is 44.5 Å². The molecule has 0 radical (unpaired) electrons. The lowest BCUT2D eigenvalue weighted by Gasteiger charge is -2.36. The Morgan fingerprint density at radius 2 is 1.90 bits per heavy atom. The number of rotatable bonds is 7. The second-order valence-electron chi connectivity index (χ2n) is 8.05. The van der Waals surface area contributed by atoms with E-state index in [2.05, 4.69) is 4.98 Å². The molecule has 1 aliphatic carbocycles. The molecular weight excluding hydrogens is 397 g/mol. The molecule has 0 atom stereocenters. The van der Waals surface area contributed by atoms with E-state index in [1.807, 2.05) is 17.0 Å². The van der Waals surface area contributed by atoms with Crippen LogP contribution in [0.4, 0.5) is 13.2 Å². The summed E-state index contributed by atoms with van der Waals surface area (Å²) in [5, 5.41) is 8.92. The number of pyridine rings is 1. The summed E-state index contributed by atoms with van der Waals surface area (Å²) >= 11 is 0. The first-order valence-corrected chi connectivity index (χ1v) is 10.0. The molecule has 160 valence electrons. The molecule has 0 bridgehead atoms. The number of nitrogens with zero attached hydrogens (tertiary/aromatic N) is 2. The van der Waals surface area contributed by atoms with Crippen LogP contribution in [0.3, 0.4) is 0 Å². The lowest BCUT2D eigenvalue weighted by atomic mass is 9.78. The second kappa shape index (κ2) is 8.26. The SMILES string of the molecule is O=C(O)C1CN(Cc2ccc(OCc3cc(C(F)(F)F)c(C4CCC4)cn3)cc2)C1. The molecule has 0 amide bonds. The molecule has 8 heteroatoms. The number of carboxylic acids is 1. The zero-order chi connectivity index (χ0) is 21.3. The van der Waals surface area contributed by atoms with E-state index in [9.17, 15) is 18.0 Å². The van der Waals surface area contributed by atoms with Crippen LogP contribution in [-0.4, -0.2) is 34.0 Å². The van der Waals surface area contributed by atoms with Crippen LogP contribution in [0, 0.1) is 5.92 Å². The van der Waals surface area contributed by atoms with E-state index in [1.54, 1.807) is 12.1 Å². The zero-order valence-corrected chi connectivity index (χ0v) is 16.4. The number of hydrogen-bond donors (Lipinski definition) is 1. The Bertz CT molecular complexity index is 905. The maximum Gasteiger partial charge on any atom is 0.416 e. The minimum atomic E-state index is -4.40. The normalized spacial score (nSPS) is 18.0. The van der Waals surface area contributed by atoms with Crippen molar-refractivity contribution in [1.82, 2.24) is 9.88 Å². The lowest BCUT2D eigenvalue weighted by Crippen LogP contribution is -2.49. The molecule has 1 saturated heterocycles. The average molecular weight is 420 g/mol. The van der Waals surface area contributed by atoms with Gasteiger partial charge in [-0.05, 0) is 48.1 Å². The van der Waals surface area contributed by atoms with Gasteiger partial charge in [0.05, 0.1) is 17.2 Å². The quantitative estimate of drug-likeness (QED) is 0.717. The van der Waals surface area contributed by atoms with Gasteiger partial charge >= 0.3 is 12.1 Å². The summed E-state index contributed by atoms with van der Waals surface area (Å²) in [6.07, 6.45) is -0.532. The van der Waals surface area contributed by atoms with E-state index in [-0.39, 0.29) is 29.7 Å². The fourth-order valence-corrected chi connectivity index (χ4v) is 3.84. The molecule has 1 aromatic heterocycles. The Balaban J connectivity index is 1.35. The Morgan fingerprint density at radius 3 is 2.47 bits per heavy atom. The molecule has 0 unspecified atom stereocenters. The molecule has 2 heterocycles. The molecular formula is C22H23F3N2O3. The summed E-state index contributed by atoms with van der Waals surface area (Å²) in [6, 6.07) is 8.37. The minimum absolute atomic E-state index is 0.0419. The van der Waals surface area contributed by atoms with Crippen LogP contribution in [0.15, 0.2) is 36.5 Å². The number of halogens is 3. The third-order valence-electron chi connectivity index (χ3n) is 5.86. The summed E-state index contributed by atoms with van der Waals surface area (Å²) in [4.78, 5) is 17.1. The Kier molecular flexibility index (Phi) is 5.69. The van der Waals surface area contributed by atoms with Crippen LogP contribution in [-0.2, 0) is 24.1 Å². The minimum Gasteiger partial charge on any atom is -0.487 e. The predicted octanol–water partition coefficient (Wildman–Crippen LogP) is 4.46. The highest BCUT2D eigenvalue weighted by molar-refractivity contribution is 5.71. The first-order valence-electron chi connectivity index (χ1n) is 10.0. The number of carbonyl (C=O) groups is 1. The van der Waals surface area contributed by atoms with E-state index >= 15 is 0 Å². The van der Waals surface area contributed by atoms with Gasteiger partial charge in [0, 0.05) is 25.8 Å². The number of ether oxygens (including phenoxy) is 1. The third kappa shape index (κ3) is 4.59. The summed E-state index contributed by atoms with van der Waals surface area (Å²) in [5.74, 6) is -0.562. The van der Waals surface area contributed by atoms with E-state index in [0.717, 1.165) is 30.9 Å². The zero-order valence-electron chi connectivity index (χ0n) is 16.4. The molecule has 4 rings (SSSR count). The van der Waals surface area contributed by atoms with Crippen molar-refractivity contribution in [2.75, 3.05) is 13.1 Å². The molecule has 1 saturated carbocycles. The molecule has 5 nitrogen and oxygen atoms in total. The van der Waals surface area contributed by atoms with Gasteiger partial charge in [0.15, 0.2) is 0 Å². The van der Waals surface area contributed by atoms with Crippen LogP contribution >= 0.6 is 0 Å². The smallest absolute Gasteiger partial charge is 0.416 e. The summed E-state index contributed by atoms with van der Waals surface area (Å²) in [5.41, 5.74) is 0.951. The van der Waals surface area contributed by atoms with Crippen molar-refractivity contribution in [3.05, 3.63) is 58.9 Å². The van der Waals surface area contributed by atoms with Gasteiger partial charge in [0.25, 0.3) is 0 Å². The third-order valence-corrected chi connectivity index (χ3v) is 5.86. The number of aliphatic carboxylic acids is 1. The molecule has 2 fully saturated rings. The van der Waals surface area contributed by atoms with Gasteiger partial charge < -0.3 is 9.84 Å². The molecule has 1 aliphatic heterocycles. The van der Waals surface area contributed by atoms with Crippen molar-refractivity contribution in [3.8, 4) is 5.75 Å². The number of benzene rings is 1. The summed E-state index contributed by atoms with van der Waals surface area (Å²) in [7, 11) is 0. The van der Waals surface area contributed by atoms with Crippen molar-refractivity contribution in [1.29, 1.82) is 0 Å². The molecule has 2 aliphatic rings. The fraction of sp³-hybridized carbons (Fsp3) is 0.455. The molecule has 1 aromatic carbocycles. The maximum absolute atomic E-state index is 13.5. The molecule has 30 heavy (non-hydrogen) atoms. The monoisotopic (exact) mass is 420 g/mol. The van der Waals surface area contributed by atoms with E-state index in [4.69, 9.17) is 9.84 Å². The fourth-order valence-electron chi connectivity index (χ4n) is 3.84. The van der Waals surface area contributed by atoms with Crippen LogP contribution in [0.5, 0.6) is 5.75 Å². The van der Waals surface area contributed by atoms with E-state index < -0.39 is 17.7 Å². The van der Waals surface area contributed by atoms with Crippen molar-refractivity contribution >= 4 is 5.97 Å². The second-order valence-corrected chi connectivity index (χ2v) is 8.05. The van der Waals surface area contributed by atoms with Gasteiger partial charge in [0.2, 0.25) is 0 Å². The number of likely N-dealkylation sites (tertiary alicyclic amines) is 1.